The Kier molecular flexibility index (Phi) is 8.33. The maximum absolute atomic E-state index is 5.71. The van der Waals surface area contributed by atoms with Crippen molar-refractivity contribution in [1.82, 2.24) is 10.2 Å². The Labute approximate surface area is 170 Å². The predicted octanol–water partition coefficient (Wildman–Crippen LogP) is 3.14. The van der Waals surface area contributed by atoms with Crippen LogP contribution in [-0.2, 0) is 0 Å². The van der Waals surface area contributed by atoms with Gasteiger partial charge in [0.1, 0.15) is 12.4 Å². The zero-order chi connectivity index (χ0) is 16.6. The van der Waals surface area contributed by atoms with E-state index in [0.717, 1.165) is 44.4 Å². The molecule has 1 fully saturated rings. The summed E-state index contributed by atoms with van der Waals surface area (Å²) in [5.74, 6) is 1.86. The van der Waals surface area contributed by atoms with Crippen LogP contribution in [0.4, 0.5) is 5.00 Å². The molecular weight excluding hydrogens is 447 g/mol. The highest BCUT2D eigenvalue weighted by Gasteiger charge is 2.19. The van der Waals surface area contributed by atoms with E-state index in [2.05, 4.69) is 37.6 Å². The predicted molar refractivity (Wildman–Crippen MR) is 117 cm³/mol. The van der Waals surface area contributed by atoms with Gasteiger partial charge in [-0.15, -0.1) is 35.3 Å². The minimum atomic E-state index is 0. The van der Waals surface area contributed by atoms with Gasteiger partial charge in [-0.2, -0.15) is 0 Å². The van der Waals surface area contributed by atoms with Gasteiger partial charge in [-0.1, -0.05) is 18.2 Å². The summed E-state index contributed by atoms with van der Waals surface area (Å²) >= 11 is 1.80. The van der Waals surface area contributed by atoms with Crippen LogP contribution in [-0.4, -0.2) is 57.2 Å². The van der Waals surface area contributed by atoms with Gasteiger partial charge in [0.2, 0.25) is 0 Å². The van der Waals surface area contributed by atoms with E-state index < -0.39 is 0 Å². The van der Waals surface area contributed by atoms with Gasteiger partial charge in [0.25, 0.3) is 0 Å². The second-order valence-corrected chi connectivity index (χ2v) is 6.49. The smallest absolute Gasteiger partial charge is 0.193 e. The number of benzene rings is 1. The zero-order valence-corrected chi connectivity index (χ0v) is 17.6. The quantitative estimate of drug-likeness (QED) is 0.314. The lowest BCUT2D eigenvalue weighted by Crippen LogP contribution is -2.52. The highest BCUT2D eigenvalue weighted by molar-refractivity contribution is 14.0. The molecule has 136 valence electrons. The Balaban J connectivity index is 0.00000225. The van der Waals surface area contributed by atoms with Gasteiger partial charge in [0, 0.05) is 33.2 Å². The molecule has 1 aliphatic heterocycles. The molecule has 0 atom stereocenters. The molecule has 0 aliphatic carbocycles. The summed E-state index contributed by atoms with van der Waals surface area (Å²) in [4.78, 5) is 9.15. The number of nitrogens with zero attached hydrogens (tertiary/aromatic N) is 3. The summed E-state index contributed by atoms with van der Waals surface area (Å²) in [7, 11) is 1.84. The number of piperazine rings is 1. The maximum Gasteiger partial charge on any atom is 0.193 e. The molecule has 25 heavy (non-hydrogen) atoms. The second-order valence-electron chi connectivity index (χ2n) is 5.56. The summed E-state index contributed by atoms with van der Waals surface area (Å²) in [6.07, 6.45) is 0. The lowest BCUT2D eigenvalue weighted by molar-refractivity contribution is 0.315. The van der Waals surface area contributed by atoms with Crippen LogP contribution in [0.2, 0.25) is 0 Å². The number of ether oxygens (including phenoxy) is 1. The Morgan fingerprint density at radius 3 is 2.52 bits per heavy atom. The van der Waals surface area contributed by atoms with Gasteiger partial charge in [0.15, 0.2) is 5.96 Å². The van der Waals surface area contributed by atoms with Crippen molar-refractivity contribution in [2.45, 2.75) is 0 Å². The molecule has 2 aromatic rings. The van der Waals surface area contributed by atoms with E-state index >= 15 is 0 Å². The number of anilines is 1. The van der Waals surface area contributed by atoms with Gasteiger partial charge < -0.3 is 19.9 Å². The van der Waals surface area contributed by atoms with Crippen LogP contribution in [0.3, 0.4) is 0 Å². The molecule has 0 bridgehead atoms. The first-order chi connectivity index (χ1) is 11.9. The average Bonchev–Trinajstić information content (AvgIpc) is 3.18. The summed E-state index contributed by atoms with van der Waals surface area (Å²) in [6, 6.07) is 14.2. The van der Waals surface area contributed by atoms with Crippen LogP contribution in [0.25, 0.3) is 0 Å². The molecule has 1 aromatic carbocycles. The van der Waals surface area contributed by atoms with Crippen LogP contribution in [0.5, 0.6) is 5.75 Å². The lowest BCUT2D eigenvalue weighted by atomic mass is 10.3. The molecule has 0 spiro atoms. The minimum absolute atomic E-state index is 0. The molecule has 5 nitrogen and oxygen atoms in total. The number of nitrogens with one attached hydrogen (secondary N) is 1. The average molecular weight is 472 g/mol. The third kappa shape index (κ3) is 5.78. The molecule has 1 aliphatic rings. The number of halogens is 1. The number of aliphatic imine (C=N–C) groups is 1. The fourth-order valence-corrected chi connectivity index (χ4v) is 3.55. The molecule has 3 rings (SSSR count). The molecule has 0 radical (unpaired) electrons. The zero-order valence-electron chi connectivity index (χ0n) is 14.4. The van der Waals surface area contributed by atoms with Crippen molar-refractivity contribution in [3.8, 4) is 5.75 Å². The number of hydrogen-bond acceptors (Lipinski definition) is 4. The fraction of sp³-hybridized carbons (Fsp3) is 0.389. The molecule has 7 heteroatoms. The van der Waals surface area contributed by atoms with E-state index in [1.165, 1.54) is 5.00 Å². The van der Waals surface area contributed by atoms with Gasteiger partial charge in [-0.3, -0.25) is 4.99 Å². The first-order valence-electron chi connectivity index (χ1n) is 8.29. The summed E-state index contributed by atoms with van der Waals surface area (Å²) in [5.41, 5.74) is 0. The molecule has 0 unspecified atom stereocenters. The largest absolute Gasteiger partial charge is 0.492 e. The van der Waals surface area contributed by atoms with E-state index in [0.29, 0.717) is 6.61 Å². The number of hydrogen-bond donors (Lipinski definition) is 1. The topological polar surface area (TPSA) is 40.1 Å². The molecule has 1 N–H and O–H groups in total. The Hall–Kier alpha value is -1.48. The summed E-state index contributed by atoms with van der Waals surface area (Å²) in [5, 5.41) is 6.88. The SMILES string of the molecule is CN=C(NCCOc1ccccc1)N1CCN(c2cccs2)CC1.I. The van der Waals surface area contributed by atoms with Crippen molar-refractivity contribution < 1.29 is 4.74 Å². The number of para-hydroxylation sites is 1. The lowest BCUT2D eigenvalue weighted by Gasteiger charge is -2.37. The maximum atomic E-state index is 5.71. The van der Waals surface area contributed by atoms with Gasteiger partial charge in [-0.05, 0) is 29.6 Å². The van der Waals surface area contributed by atoms with Crippen LogP contribution in [0.15, 0.2) is 52.8 Å². The molecule has 0 amide bonds. The van der Waals surface area contributed by atoms with Crippen molar-refractivity contribution in [3.63, 3.8) is 0 Å². The second kappa shape index (κ2) is 10.5. The van der Waals surface area contributed by atoms with Crippen molar-refractivity contribution in [2.75, 3.05) is 51.3 Å². The van der Waals surface area contributed by atoms with Gasteiger partial charge in [0.05, 0.1) is 11.5 Å². The van der Waals surface area contributed by atoms with Gasteiger partial charge in [-0.25, -0.2) is 0 Å². The Morgan fingerprint density at radius 1 is 1.12 bits per heavy atom. The Bertz CT molecular complexity index is 628. The van der Waals surface area contributed by atoms with Crippen molar-refractivity contribution in [3.05, 3.63) is 47.8 Å². The van der Waals surface area contributed by atoms with Crippen LogP contribution < -0.4 is 15.0 Å². The fourth-order valence-electron chi connectivity index (χ4n) is 2.77. The molecule has 0 saturated carbocycles. The van der Waals surface area contributed by atoms with Crippen LogP contribution in [0.1, 0.15) is 0 Å². The van der Waals surface area contributed by atoms with E-state index in [-0.39, 0.29) is 24.0 Å². The highest BCUT2D eigenvalue weighted by Crippen LogP contribution is 2.22. The molecule has 2 heterocycles. The van der Waals surface area contributed by atoms with E-state index in [9.17, 15) is 0 Å². The molecular formula is C18H25IN4OS. The van der Waals surface area contributed by atoms with E-state index in [1.54, 1.807) is 11.3 Å². The normalized spacial score (nSPS) is 14.8. The molecule has 1 saturated heterocycles. The van der Waals surface area contributed by atoms with Crippen molar-refractivity contribution >= 4 is 46.3 Å². The van der Waals surface area contributed by atoms with Crippen molar-refractivity contribution in [1.29, 1.82) is 0 Å². The summed E-state index contributed by atoms with van der Waals surface area (Å²) < 4.78 is 5.71. The van der Waals surface area contributed by atoms with Gasteiger partial charge >= 0.3 is 0 Å². The standard InChI is InChI=1S/C18H24N4OS.HI/c1-19-18(20-9-14-23-16-6-3-2-4-7-16)22-12-10-21(11-13-22)17-8-5-15-24-17;/h2-8,15H,9-14H2,1H3,(H,19,20);1H. The first kappa shape index (κ1) is 19.8. The number of thiophene rings is 1. The third-order valence-electron chi connectivity index (χ3n) is 4.01. The third-order valence-corrected chi connectivity index (χ3v) is 4.93. The number of rotatable bonds is 5. The monoisotopic (exact) mass is 472 g/mol. The van der Waals surface area contributed by atoms with E-state index in [1.807, 2.05) is 37.4 Å². The first-order valence-corrected chi connectivity index (χ1v) is 9.16. The van der Waals surface area contributed by atoms with Crippen molar-refractivity contribution in [2.24, 2.45) is 4.99 Å². The Morgan fingerprint density at radius 2 is 1.88 bits per heavy atom. The van der Waals surface area contributed by atoms with E-state index in [4.69, 9.17) is 4.74 Å². The van der Waals surface area contributed by atoms with Crippen LogP contribution >= 0.6 is 35.3 Å². The minimum Gasteiger partial charge on any atom is -0.492 e. The summed E-state index contributed by atoms with van der Waals surface area (Å²) in [6.45, 7) is 5.39. The number of guanidine groups is 1. The molecule has 1 aromatic heterocycles. The van der Waals surface area contributed by atoms with Crippen LogP contribution in [0, 0.1) is 0 Å². The highest BCUT2D eigenvalue weighted by atomic mass is 127.